The van der Waals surface area contributed by atoms with Gasteiger partial charge in [-0.1, -0.05) is 37.6 Å². The first kappa shape index (κ1) is 14.8. The molecule has 3 heteroatoms. The molecule has 1 aromatic carbocycles. The summed E-state index contributed by atoms with van der Waals surface area (Å²) in [5.74, 6) is 0. The molecule has 0 saturated heterocycles. The van der Waals surface area contributed by atoms with Gasteiger partial charge >= 0.3 is 0 Å². The van der Waals surface area contributed by atoms with Gasteiger partial charge in [-0.3, -0.25) is 4.68 Å². The molecule has 3 nitrogen and oxygen atoms in total. The highest BCUT2D eigenvalue weighted by atomic mass is 15.3. The average molecular weight is 271 g/mol. The van der Waals surface area contributed by atoms with Crippen molar-refractivity contribution in [1.29, 1.82) is 0 Å². The van der Waals surface area contributed by atoms with Gasteiger partial charge in [-0.2, -0.15) is 5.10 Å². The Morgan fingerprint density at radius 2 is 1.95 bits per heavy atom. The normalized spacial score (nSPS) is 14.2. The second kappa shape index (κ2) is 7.25. The molecule has 0 aliphatic rings. The van der Waals surface area contributed by atoms with Crippen LogP contribution in [0, 0.1) is 0 Å². The lowest BCUT2D eigenvalue weighted by Crippen LogP contribution is -2.32. The number of nitrogens with zero attached hydrogens (tertiary/aromatic N) is 2. The van der Waals surface area contributed by atoms with E-state index in [1.54, 1.807) is 0 Å². The molecule has 2 unspecified atom stereocenters. The number of aryl methyl sites for hydroxylation is 1. The third-order valence-electron chi connectivity index (χ3n) is 3.57. The van der Waals surface area contributed by atoms with Crippen LogP contribution in [0.5, 0.6) is 0 Å². The van der Waals surface area contributed by atoms with Crippen molar-refractivity contribution in [3.05, 3.63) is 53.9 Å². The largest absolute Gasteiger partial charge is 0.306 e. The van der Waals surface area contributed by atoms with Crippen LogP contribution < -0.4 is 5.32 Å². The lowest BCUT2D eigenvalue weighted by Gasteiger charge is -2.20. The van der Waals surface area contributed by atoms with Crippen LogP contribution in [0.15, 0.2) is 42.7 Å². The van der Waals surface area contributed by atoms with E-state index in [0.717, 1.165) is 13.0 Å². The van der Waals surface area contributed by atoms with Crippen molar-refractivity contribution in [2.45, 2.75) is 52.2 Å². The highest BCUT2D eigenvalue weighted by Crippen LogP contribution is 2.15. The first-order valence-electron chi connectivity index (χ1n) is 7.51. The van der Waals surface area contributed by atoms with Crippen LogP contribution in [0.2, 0.25) is 0 Å². The SMILES string of the molecule is CCCc1ccc(C(C)NC(C)Cn2cccn2)cc1. The van der Waals surface area contributed by atoms with Crippen molar-refractivity contribution in [1.82, 2.24) is 15.1 Å². The Morgan fingerprint density at radius 1 is 1.20 bits per heavy atom. The van der Waals surface area contributed by atoms with E-state index in [4.69, 9.17) is 0 Å². The summed E-state index contributed by atoms with van der Waals surface area (Å²) in [5, 5.41) is 7.87. The van der Waals surface area contributed by atoms with E-state index in [1.807, 2.05) is 23.1 Å². The predicted octanol–water partition coefficient (Wildman–Crippen LogP) is 3.57. The first-order chi connectivity index (χ1) is 9.69. The van der Waals surface area contributed by atoms with Crippen LogP contribution >= 0.6 is 0 Å². The maximum absolute atomic E-state index is 4.24. The Bertz CT molecular complexity index is 487. The smallest absolute Gasteiger partial charge is 0.0560 e. The van der Waals surface area contributed by atoms with Gasteiger partial charge in [-0.05, 0) is 37.5 Å². The van der Waals surface area contributed by atoms with E-state index in [2.05, 4.69) is 55.5 Å². The Balaban J connectivity index is 1.88. The van der Waals surface area contributed by atoms with Gasteiger partial charge in [0, 0.05) is 24.5 Å². The summed E-state index contributed by atoms with van der Waals surface area (Å²) >= 11 is 0. The van der Waals surface area contributed by atoms with Crippen LogP contribution in [0.4, 0.5) is 0 Å². The van der Waals surface area contributed by atoms with Gasteiger partial charge in [0.15, 0.2) is 0 Å². The third kappa shape index (κ3) is 4.20. The predicted molar refractivity (Wildman–Crippen MR) is 83.7 cm³/mol. The molecule has 0 spiro atoms. The Kier molecular flexibility index (Phi) is 5.36. The zero-order chi connectivity index (χ0) is 14.4. The fourth-order valence-electron chi connectivity index (χ4n) is 2.53. The fourth-order valence-corrected chi connectivity index (χ4v) is 2.53. The zero-order valence-corrected chi connectivity index (χ0v) is 12.7. The minimum absolute atomic E-state index is 0.358. The van der Waals surface area contributed by atoms with Gasteiger partial charge < -0.3 is 5.32 Å². The third-order valence-corrected chi connectivity index (χ3v) is 3.57. The molecular formula is C17H25N3. The second-order valence-electron chi connectivity index (χ2n) is 5.51. The Morgan fingerprint density at radius 3 is 2.55 bits per heavy atom. The summed E-state index contributed by atoms with van der Waals surface area (Å²) in [4.78, 5) is 0. The average Bonchev–Trinajstić information content (AvgIpc) is 2.92. The number of nitrogens with one attached hydrogen (secondary N) is 1. The van der Waals surface area contributed by atoms with Crippen molar-refractivity contribution in [2.75, 3.05) is 0 Å². The summed E-state index contributed by atoms with van der Waals surface area (Å²) in [7, 11) is 0. The van der Waals surface area contributed by atoms with Crippen molar-refractivity contribution >= 4 is 0 Å². The molecule has 20 heavy (non-hydrogen) atoms. The van der Waals surface area contributed by atoms with Crippen molar-refractivity contribution < 1.29 is 0 Å². The molecular weight excluding hydrogens is 246 g/mol. The quantitative estimate of drug-likeness (QED) is 0.834. The van der Waals surface area contributed by atoms with Gasteiger partial charge in [-0.15, -0.1) is 0 Å². The fraction of sp³-hybridized carbons (Fsp3) is 0.471. The van der Waals surface area contributed by atoms with Crippen LogP contribution in [0.25, 0.3) is 0 Å². The molecule has 0 radical (unpaired) electrons. The van der Waals surface area contributed by atoms with Crippen molar-refractivity contribution in [3.8, 4) is 0 Å². The molecule has 0 bridgehead atoms. The van der Waals surface area contributed by atoms with E-state index < -0.39 is 0 Å². The summed E-state index contributed by atoms with van der Waals surface area (Å²) in [5.41, 5.74) is 2.77. The van der Waals surface area contributed by atoms with E-state index >= 15 is 0 Å². The van der Waals surface area contributed by atoms with Crippen molar-refractivity contribution in [2.24, 2.45) is 0 Å². The van der Waals surface area contributed by atoms with Crippen LogP contribution in [-0.4, -0.2) is 15.8 Å². The van der Waals surface area contributed by atoms with E-state index in [1.165, 1.54) is 17.5 Å². The number of hydrogen-bond acceptors (Lipinski definition) is 2. The highest BCUT2D eigenvalue weighted by molar-refractivity contribution is 5.24. The maximum Gasteiger partial charge on any atom is 0.0560 e. The van der Waals surface area contributed by atoms with Gasteiger partial charge in [0.1, 0.15) is 0 Å². The van der Waals surface area contributed by atoms with E-state index in [9.17, 15) is 0 Å². The number of benzene rings is 1. The minimum atomic E-state index is 0.358. The topological polar surface area (TPSA) is 29.9 Å². The highest BCUT2D eigenvalue weighted by Gasteiger charge is 2.10. The molecule has 2 atom stereocenters. The molecule has 0 saturated carbocycles. The van der Waals surface area contributed by atoms with Gasteiger partial charge in [0.05, 0.1) is 6.54 Å². The maximum atomic E-state index is 4.24. The number of hydrogen-bond donors (Lipinski definition) is 1. The zero-order valence-electron chi connectivity index (χ0n) is 12.7. The summed E-state index contributed by atoms with van der Waals surface area (Å²) < 4.78 is 1.97. The van der Waals surface area contributed by atoms with Crippen LogP contribution in [0.3, 0.4) is 0 Å². The Hall–Kier alpha value is -1.61. The molecule has 0 fully saturated rings. The monoisotopic (exact) mass is 271 g/mol. The molecule has 0 aliphatic heterocycles. The molecule has 1 heterocycles. The summed E-state index contributed by atoms with van der Waals surface area (Å²) in [6.45, 7) is 7.53. The van der Waals surface area contributed by atoms with E-state index in [0.29, 0.717) is 12.1 Å². The lowest BCUT2D eigenvalue weighted by molar-refractivity contribution is 0.413. The summed E-state index contributed by atoms with van der Waals surface area (Å²) in [6.07, 6.45) is 6.19. The molecule has 2 rings (SSSR count). The summed E-state index contributed by atoms with van der Waals surface area (Å²) in [6, 6.07) is 11.7. The van der Waals surface area contributed by atoms with Gasteiger partial charge in [0.2, 0.25) is 0 Å². The van der Waals surface area contributed by atoms with Crippen LogP contribution in [0.1, 0.15) is 44.4 Å². The van der Waals surface area contributed by atoms with E-state index in [-0.39, 0.29) is 0 Å². The number of rotatable bonds is 7. The molecule has 1 aromatic heterocycles. The molecule has 0 aliphatic carbocycles. The molecule has 108 valence electrons. The minimum Gasteiger partial charge on any atom is -0.306 e. The second-order valence-corrected chi connectivity index (χ2v) is 5.51. The molecule has 1 N–H and O–H groups in total. The lowest BCUT2D eigenvalue weighted by atomic mass is 10.0. The molecule has 0 amide bonds. The van der Waals surface area contributed by atoms with Crippen molar-refractivity contribution in [3.63, 3.8) is 0 Å². The van der Waals surface area contributed by atoms with Gasteiger partial charge in [0.25, 0.3) is 0 Å². The number of aromatic nitrogens is 2. The Labute approximate surface area is 122 Å². The van der Waals surface area contributed by atoms with Gasteiger partial charge in [-0.25, -0.2) is 0 Å². The first-order valence-corrected chi connectivity index (χ1v) is 7.51. The van der Waals surface area contributed by atoms with Crippen LogP contribution in [-0.2, 0) is 13.0 Å². The standard InChI is InChI=1S/C17H25N3/c1-4-6-16-7-9-17(10-8-16)15(3)19-14(2)13-20-12-5-11-18-20/h5,7-12,14-15,19H,4,6,13H2,1-3H3. The molecule has 2 aromatic rings.